The summed E-state index contributed by atoms with van der Waals surface area (Å²) in [6.45, 7) is 0.801. The summed E-state index contributed by atoms with van der Waals surface area (Å²) in [5.41, 5.74) is 0. The second-order valence-electron chi connectivity index (χ2n) is 2.87. The molecule has 4 atom stereocenters. The highest BCUT2D eigenvalue weighted by Crippen LogP contribution is 2.26. The zero-order valence-electron chi connectivity index (χ0n) is 6.40. The molecule has 0 amide bonds. The monoisotopic (exact) mass is 164 g/mol. The molecule has 66 valence electrons. The number of alkyl halides is 1. The lowest BCUT2D eigenvalue weighted by Crippen LogP contribution is -2.29. The van der Waals surface area contributed by atoms with E-state index in [1.165, 1.54) is 0 Å². The van der Waals surface area contributed by atoms with Crippen LogP contribution in [0.3, 0.4) is 0 Å². The van der Waals surface area contributed by atoms with E-state index in [9.17, 15) is 9.50 Å². The Bertz CT molecular complexity index is 131. The van der Waals surface area contributed by atoms with Crippen LogP contribution in [-0.4, -0.2) is 41.8 Å². The topological polar surface area (TPSA) is 49.7 Å². The summed E-state index contributed by atoms with van der Waals surface area (Å²) in [5, 5.41) is 18.0. The predicted molar refractivity (Wildman–Crippen MR) is 36.9 cm³/mol. The van der Waals surface area contributed by atoms with Crippen molar-refractivity contribution in [1.82, 2.24) is 0 Å². The number of halogens is 1. The summed E-state index contributed by atoms with van der Waals surface area (Å²) in [7, 11) is 0. The van der Waals surface area contributed by atoms with E-state index >= 15 is 0 Å². The van der Waals surface area contributed by atoms with Crippen molar-refractivity contribution in [2.24, 2.45) is 5.92 Å². The smallest absolute Gasteiger partial charge is 0.0974 e. The molecule has 2 N–H and O–H groups in total. The first-order valence-corrected chi connectivity index (χ1v) is 3.71. The van der Waals surface area contributed by atoms with Crippen LogP contribution in [0.1, 0.15) is 6.92 Å². The highest BCUT2D eigenvalue weighted by atomic mass is 19.1. The van der Waals surface area contributed by atoms with Gasteiger partial charge in [-0.15, -0.1) is 0 Å². The molecule has 3 nitrogen and oxygen atoms in total. The van der Waals surface area contributed by atoms with Crippen molar-refractivity contribution < 1.29 is 19.3 Å². The zero-order valence-corrected chi connectivity index (χ0v) is 6.40. The average Bonchev–Trinajstić information content (AvgIpc) is 2.28. The second-order valence-corrected chi connectivity index (χ2v) is 2.87. The van der Waals surface area contributed by atoms with Gasteiger partial charge in [0.05, 0.1) is 31.6 Å². The maximum atomic E-state index is 12.2. The molecule has 11 heavy (non-hydrogen) atoms. The molecule has 1 fully saturated rings. The van der Waals surface area contributed by atoms with E-state index in [-0.39, 0.29) is 12.7 Å². The molecule has 1 aliphatic heterocycles. The van der Waals surface area contributed by atoms with Crippen LogP contribution in [-0.2, 0) is 4.74 Å². The van der Waals surface area contributed by atoms with E-state index in [2.05, 4.69) is 0 Å². The molecule has 0 saturated carbocycles. The van der Waals surface area contributed by atoms with Crippen molar-refractivity contribution >= 4 is 0 Å². The number of hydrogen-bond acceptors (Lipinski definition) is 3. The Kier molecular flexibility index (Phi) is 2.81. The molecule has 1 heterocycles. The largest absolute Gasteiger partial charge is 0.394 e. The first-order chi connectivity index (χ1) is 5.20. The van der Waals surface area contributed by atoms with Crippen molar-refractivity contribution in [1.29, 1.82) is 0 Å². The van der Waals surface area contributed by atoms with Crippen LogP contribution >= 0.6 is 0 Å². The van der Waals surface area contributed by atoms with Gasteiger partial charge in [0.2, 0.25) is 0 Å². The fourth-order valence-electron chi connectivity index (χ4n) is 1.39. The first kappa shape index (κ1) is 8.90. The SMILES string of the molecule is C[C@@H]1O[C@H](CO)C(CF)C1O. The molecule has 0 aromatic carbocycles. The van der Waals surface area contributed by atoms with E-state index in [4.69, 9.17) is 9.84 Å². The fraction of sp³-hybridized carbons (Fsp3) is 1.00. The van der Waals surface area contributed by atoms with Crippen LogP contribution in [0.2, 0.25) is 0 Å². The third-order valence-corrected chi connectivity index (χ3v) is 2.14. The molecule has 0 radical (unpaired) electrons. The van der Waals surface area contributed by atoms with Crippen molar-refractivity contribution in [3.05, 3.63) is 0 Å². The third-order valence-electron chi connectivity index (χ3n) is 2.14. The van der Waals surface area contributed by atoms with Gasteiger partial charge in [0, 0.05) is 5.92 Å². The quantitative estimate of drug-likeness (QED) is 0.589. The normalized spacial score (nSPS) is 44.7. The molecule has 1 rings (SSSR count). The summed E-state index contributed by atoms with van der Waals surface area (Å²) >= 11 is 0. The molecule has 4 heteroatoms. The number of aliphatic hydroxyl groups excluding tert-OH is 2. The minimum atomic E-state index is -0.780. The van der Waals surface area contributed by atoms with Gasteiger partial charge >= 0.3 is 0 Å². The van der Waals surface area contributed by atoms with Gasteiger partial charge in [-0.2, -0.15) is 0 Å². The van der Waals surface area contributed by atoms with Crippen LogP contribution < -0.4 is 0 Å². The minimum absolute atomic E-state index is 0.226. The molecular weight excluding hydrogens is 151 g/mol. The number of ether oxygens (including phenoxy) is 1. The van der Waals surface area contributed by atoms with E-state index < -0.39 is 24.8 Å². The number of aliphatic hydroxyl groups is 2. The van der Waals surface area contributed by atoms with Gasteiger partial charge in [0.25, 0.3) is 0 Å². The van der Waals surface area contributed by atoms with E-state index in [0.29, 0.717) is 0 Å². The van der Waals surface area contributed by atoms with Crippen LogP contribution in [0.4, 0.5) is 4.39 Å². The van der Waals surface area contributed by atoms with Crippen LogP contribution in [0.25, 0.3) is 0 Å². The summed E-state index contributed by atoms with van der Waals surface area (Å²) in [6, 6.07) is 0. The van der Waals surface area contributed by atoms with Crippen molar-refractivity contribution in [3.8, 4) is 0 Å². The third kappa shape index (κ3) is 1.52. The van der Waals surface area contributed by atoms with Gasteiger partial charge in [-0.05, 0) is 6.92 Å². The van der Waals surface area contributed by atoms with Gasteiger partial charge in [0.1, 0.15) is 0 Å². The van der Waals surface area contributed by atoms with Crippen LogP contribution in [0.5, 0.6) is 0 Å². The Balaban J connectivity index is 2.57. The van der Waals surface area contributed by atoms with Crippen molar-refractivity contribution in [2.45, 2.75) is 25.2 Å². The number of rotatable bonds is 2. The molecule has 0 aromatic rings. The summed E-state index contributed by atoms with van der Waals surface area (Å²) in [6.07, 6.45) is -1.69. The fourth-order valence-corrected chi connectivity index (χ4v) is 1.39. The van der Waals surface area contributed by atoms with Gasteiger partial charge in [-0.1, -0.05) is 0 Å². The number of hydrogen-bond donors (Lipinski definition) is 2. The molecule has 0 bridgehead atoms. The predicted octanol–water partition coefficient (Wildman–Crippen LogP) is -0.287. The lowest BCUT2D eigenvalue weighted by Gasteiger charge is -2.13. The second kappa shape index (κ2) is 3.47. The van der Waals surface area contributed by atoms with Gasteiger partial charge < -0.3 is 14.9 Å². The molecule has 1 saturated heterocycles. The average molecular weight is 164 g/mol. The lowest BCUT2D eigenvalue weighted by atomic mass is 9.99. The Labute approximate surface area is 64.8 Å². The standard InChI is InChI=1S/C7H13FO3/c1-4-7(10)5(2-8)6(3-9)11-4/h4-7,9-10H,2-3H2,1H3/t4-,5?,6+,7?/m0/s1. The maximum absolute atomic E-state index is 12.2. The Morgan fingerprint density at radius 1 is 1.55 bits per heavy atom. The lowest BCUT2D eigenvalue weighted by molar-refractivity contribution is -0.00326. The molecule has 1 aliphatic rings. The van der Waals surface area contributed by atoms with E-state index in [1.54, 1.807) is 6.92 Å². The van der Waals surface area contributed by atoms with E-state index in [0.717, 1.165) is 0 Å². The van der Waals surface area contributed by atoms with Gasteiger partial charge in [0.15, 0.2) is 0 Å². The zero-order chi connectivity index (χ0) is 8.43. The molecular formula is C7H13FO3. The van der Waals surface area contributed by atoms with Gasteiger partial charge in [-0.3, -0.25) is 4.39 Å². The Hall–Kier alpha value is -0.190. The Morgan fingerprint density at radius 2 is 2.18 bits per heavy atom. The van der Waals surface area contributed by atoms with Crippen molar-refractivity contribution in [2.75, 3.05) is 13.3 Å². The molecule has 0 aromatic heterocycles. The maximum Gasteiger partial charge on any atom is 0.0974 e. The summed E-state index contributed by atoms with van der Waals surface area (Å²) < 4.78 is 17.3. The van der Waals surface area contributed by atoms with Crippen LogP contribution in [0.15, 0.2) is 0 Å². The highest BCUT2D eigenvalue weighted by Gasteiger charge is 2.40. The van der Waals surface area contributed by atoms with E-state index in [1.807, 2.05) is 0 Å². The van der Waals surface area contributed by atoms with Crippen molar-refractivity contribution in [3.63, 3.8) is 0 Å². The summed E-state index contributed by atoms with van der Waals surface area (Å²) in [5.74, 6) is -0.560. The molecule has 0 aliphatic carbocycles. The molecule has 2 unspecified atom stereocenters. The highest BCUT2D eigenvalue weighted by molar-refractivity contribution is 4.87. The molecule has 0 spiro atoms. The minimum Gasteiger partial charge on any atom is -0.394 e. The Morgan fingerprint density at radius 3 is 2.55 bits per heavy atom. The van der Waals surface area contributed by atoms with Gasteiger partial charge in [-0.25, -0.2) is 0 Å². The first-order valence-electron chi connectivity index (χ1n) is 3.71. The van der Waals surface area contributed by atoms with Crippen LogP contribution in [0, 0.1) is 5.92 Å². The summed E-state index contributed by atoms with van der Waals surface area (Å²) in [4.78, 5) is 0.